The molecule has 3 fully saturated rings. The van der Waals surface area contributed by atoms with E-state index in [2.05, 4.69) is 4.90 Å². The number of halogens is 1. The van der Waals surface area contributed by atoms with Crippen molar-refractivity contribution in [2.75, 3.05) is 39.3 Å². The average Bonchev–Trinajstić information content (AvgIpc) is 3.49. The van der Waals surface area contributed by atoms with Crippen LogP contribution < -0.4 is 4.74 Å². The maximum Gasteiger partial charge on any atom is 0.254 e. The standard InChI is InChI=1S/C27H32ClN3O3/c28-22-9-5-20(6-10-22)26(32)30-18-24-17-23(30)19-31(24)27(33)21-7-11-25(12-8-21)34-16-4-15-29-13-2-1-3-14-29/h5-12,23-24H,1-4,13-19H2/t23-,24-/m0/s1. The fraction of sp³-hybridized carbons (Fsp3) is 0.481. The van der Waals surface area contributed by atoms with Crippen LogP contribution >= 0.6 is 11.6 Å². The molecule has 7 heteroatoms. The van der Waals surface area contributed by atoms with Crippen molar-refractivity contribution in [2.24, 2.45) is 0 Å². The lowest BCUT2D eigenvalue weighted by Crippen LogP contribution is -2.50. The predicted octanol–water partition coefficient (Wildman–Crippen LogP) is 4.33. The molecule has 0 aliphatic carbocycles. The van der Waals surface area contributed by atoms with Gasteiger partial charge in [0.15, 0.2) is 0 Å². The normalized spacial score (nSPS) is 22.3. The van der Waals surface area contributed by atoms with E-state index in [0.29, 0.717) is 35.8 Å². The number of amides is 2. The van der Waals surface area contributed by atoms with Gasteiger partial charge in [-0.1, -0.05) is 18.0 Å². The van der Waals surface area contributed by atoms with Gasteiger partial charge in [0, 0.05) is 35.8 Å². The van der Waals surface area contributed by atoms with Crippen LogP contribution in [0, 0.1) is 0 Å². The topological polar surface area (TPSA) is 53.1 Å². The minimum Gasteiger partial charge on any atom is -0.494 e. The van der Waals surface area contributed by atoms with Gasteiger partial charge in [-0.25, -0.2) is 0 Å². The van der Waals surface area contributed by atoms with E-state index in [1.807, 2.05) is 34.1 Å². The molecular weight excluding hydrogens is 450 g/mol. The Morgan fingerprint density at radius 1 is 0.824 bits per heavy atom. The van der Waals surface area contributed by atoms with Crippen molar-refractivity contribution in [1.29, 1.82) is 0 Å². The highest BCUT2D eigenvalue weighted by atomic mass is 35.5. The SMILES string of the molecule is O=C(c1ccc(Cl)cc1)N1C[C@@H]2C[C@H]1CN2C(=O)c1ccc(OCCCN2CCCCC2)cc1. The molecule has 0 unspecified atom stereocenters. The molecule has 2 atom stereocenters. The van der Waals surface area contributed by atoms with Crippen LogP contribution in [0.4, 0.5) is 0 Å². The van der Waals surface area contributed by atoms with Crippen LogP contribution in [0.2, 0.25) is 5.02 Å². The highest BCUT2D eigenvalue weighted by molar-refractivity contribution is 6.30. The van der Waals surface area contributed by atoms with Crippen molar-refractivity contribution < 1.29 is 14.3 Å². The summed E-state index contributed by atoms with van der Waals surface area (Å²) >= 11 is 5.94. The van der Waals surface area contributed by atoms with E-state index in [4.69, 9.17) is 16.3 Å². The van der Waals surface area contributed by atoms with Crippen molar-refractivity contribution in [3.05, 3.63) is 64.7 Å². The number of rotatable bonds is 7. The lowest BCUT2D eigenvalue weighted by Gasteiger charge is -2.34. The first-order valence-corrected chi connectivity index (χ1v) is 12.8. The van der Waals surface area contributed by atoms with Gasteiger partial charge in [0.2, 0.25) is 0 Å². The van der Waals surface area contributed by atoms with Crippen molar-refractivity contribution in [3.8, 4) is 5.75 Å². The maximum absolute atomic E-state index is 13.1. The molecule has 2 aromatic rings. The monoisotopic (exact) mass is 481 g/mol. The Labute approximate surface area is 206 Å². The quantitative estimate of drug-likeness (QED) is 0.552. The molecule has 3 saturated heterocycles. The molecule has 0 saturated carbocycles. The predicted molar refractivity (Wildman–Crippen MR) is 133 cm³/mol. The smallest absolute Gasteiger partial charge is 0.254 e. The van der Waals surface area contributed by atoms with Crippen molar-refractivity contribution >= 4 is 23.4 Å². The molecule has 0 N–H and O–H groups in total. The summed E-state index contributed by atoms with van der Waals surface area (Å²) in [5.41, 5.74) is 1.31. The Morgan fingerprint density at radius 3 is 1.94 bits per heavy atom. The fourth-order valence-electron chi connectivity index (χ4n) is 5.44. The molecule has 3 aliphatic heterocycles. The van der Waals surface area contributed by atoms with Gasteiger partial charge in [-0.15, -0.1) is 0 Å². The number of fused-ring (bicyclic) bond motifs is 2. The van der Waals surface area contributed by atoms with Crippen molar-refractivity contribution in [1.82, 2.24) is 14.7 Å². The molecule has 3 heterocycles. The van der Waals surface area contributed by atoms with Gasteiger partial charge in [-0.2, -0.15) is 0 Å². The lowest BCUT2D eigenvalue weighted by atomic mass is 10.1. The Morgan fingerprint density at radius 2 is 1.38 bits per heavy atom. The van der Waals surface area contributed by atoms with Crippen molar-refractivity contribution in [2.45, 2.75) is 44.2 Å². The van der Waals surface area contributed by atoms with E-state index < -0.39 is 0 Å². The molecule has 180 valence electrons. The molecule has 0 aromatic heterocycles. The maximum atomic E-state index is 13.1. The molecule has 3 aliphatic rings. The van der Waals surface area contributed by atoms with Crippen LogP contribution in [-0.4, -0.2) is 77.9 Å². The van der Waals surface area contributed by atoms with Crippen LogP contribution in [0.3, 0.4) is 0 Å². The summed E-state index contributed by atoms with van der Waals surface area (Å²) in [4.78, 5) is 32.4. The number of piperidine rings is 1. The van der Waals surface area contributed by atoms with Crippen LogP contribution in [0.25, 0.3) is 0 Å². The Balaban J connectivity index is 1.10. The molecule has 2 amide bonds. The fourth-order valence-corrected chi connectivity index (χ4v) is 5.57. The Hall–Kier alpha value is -2.57. The van der Waals surface area contributed by atoms with Crippen LogP contribution in [-0.2, 0) is 0 Å². The third kappa shape index (κ3) is 5.08. The number of hydrogen-bond acceptors (Lipinski definition) is 4. The second-order valence-corrected chi connectivity index (χ2v) is 10.0. The second kappa shape index (κ2) is 10.4. The van der Waals surface area contributed by atoms with Gasteiger partial charge in [0.1, 0.15) is 5.75 Å². The number of nitrogens with zero attached hydrogens (tertiary/aromatic N) is 3. The van der Waals surface area contributed by atoms with E-state index >= 15 is 0 Å². The number of ether oxygens (including phenoxy) is 1. The number of likely N-dealkylation sites (tertiary alicyclic amines) is 3. The van der Waals surface area contributed by atoms with E-state index in [0.717, 1.165) is 25.1 Å². The average molecular weight is 482 g/mol. The Kier molecular flexibility index (Phi) is 7.07. The number of carbonyl (C=O) groups excluding carboxylic acids is 2. The van der Waals surface area contributed by atoms with E-state index in [-0.39, 0.29) is 23.9 Å². The van der Waals surface area contributed by atoms with Crippen LogP contribution in [0.15, 0.2) is 48.5 Å². The molecule has 5 rings (SSSR count). The molecule has 34 heavy (non-hydrogen) atoms. The zero-order chi connectivity index (χ0) is 23.5. The molecular formula is C27H32ClN3O3. The summed E-state index contributed by atoms with van der Waals surface area (Å²) in [5, 5.41) is 0.616. The van der Waals surface area contributed by atoms with Crippen LogP contribution in [0.1, 0.15) is 52.8 Å². The molecule has 6 nitrogen and oxygen atoms in total. The van der Waals surface area contributed by atoms with Gasteiger partial charge in [-0.3, -0.25) is 9.59 Å². The van der Waals surface area contributed by atoms with Gasteiger partial charge in [0.25, 0.3) is 11.8 Å². The minimum absolute atomic E-state index is 0.0121. The first kappa shape index (κ1) is 23.2. The number of hydrogen-bond donors (Lipinski definition) is 0. The number of benzene rings is 2. The summed E-state index contributed by atoms with van der Waals surface area (Å²) in [6.07, 6.45) is 5.83. The van der Waals surface area contributed by atoms with Gasteiger partial charge in [-0.05, 0) is 87.3 Å². The second-order valence-electron chi connectivity index (χ2n) is 9.59. The number of piperazine rings is 1. The zero-order valence-electron chi connectivity index (χ0n) is 19.5. The minimum atomic E-state index is 0.0121. The first-order chi connectivity index (χ1) is 16.6. The summed E-state index contributed by atoms with van der Waals surface area (Å²) in [6.45, 7) is 5.36. The largest absolute Gasteiger partial charge is 0.494 e. The molecule has 2 aromatic carbocycles. The molecule has 0 spiro atoms. The Bertz CT molecular complexity index is 1000. The molecule has 2 bridgehead atoms. The summed E-state index contributed by atoms with van der Waals surface area (Å²) in [7, 11) is 0. The summed E-state index contributed by atoms with van der Waals surface area (Å²) < 4.78 is 5.89. The molecule has 0 radical (unpaired) electrons. The van der Waals surface area contributed by atoms with Crippen LogP contribution in [0.5, 0.6) is 5.75 Å². The summed E-state index contributed by atoms with van der Waals surface area (Å²) in [6, 6.07) is 14.6. The van der Waals surface area contributed by atoms with Gasteiger partial charge in [0.05, 0.1) is 18.7 Å². The zero-order valence-corrected chi connectivity index (χ0v) is 20.3. The summed E-state index contributed by atoms with van der Waals surface area (Å²) in [5.74, 6) is 0.846. The highest BCUT2D eigenvalue weighted by Gasteiger charge is 2.47. The van der Waals surface area contributed by atoms with E-state index in [1.54, 1.807) is 24.3 Å². The lowest BCUT2D eigenvalue weighted by molar-refractivity contribution is 0.0526. The first-order valence-electron chi connectivity index (χ1n) is 12.4. The van der Waals surface area contributed by atoms with Gasteiger partial charge < -0.3 is 19.4 Å². The van der Waals surface area contributed by atoms with Crippen molar-refractivity contribution in [3.63, 3.8) is 0 Å². The highest BCUT2D eigenvalue weighted by Crippen LogP contribution is 2.33. The number of carbonyl (C=O) groups is 2. The van der Waals surface area contributed by atoms with Gasteiger partial charge >= 0.3 is 0 Å². The van der Waals surface area contributed by atoms with E-state index in [9.17, 15) is 9.59 Å². The third-order valence-electron chi connectivity index (χ3n) is 7.29. The third-order valence-corrected chi connectivity index (χ3v) is 7.54. The van der Waals surface area contributed by atoms with E-state index in [1.165, 1.54) is 32.4 Å².